The van der Waals surface area contributed by atoms with Gasteiger partial charge in [-0.25, -0.2) is 0 Å². The van der Waals surface area contributed by atoms with Crippen molar-refractivity contribution in [3.05, 3.63) is 0 Å². The molecule has 2 N–H and O–H groups in total. The van der Waals surface area contributed by atoms with Gasteiger partial charge >= 0.3 is 0 Å². The maximum Gasteiger partial charge on any atom is 0.0640 e. The van der Waals surface area contributed by atoms with Gasteiger partial charge in [-0.3, -0.25) is 0 Å². The van der Waals surface area contributed by atoms with Gasteiger partial charge in [-0.15, -0.1) is 0 Å². The van der Waals surface area contributed by atoms with Gasteiger partial charge in [0.15, 0.2) is 0 Å². The molecule has 3 heteroatoms. The average molecular weight is 144 g/mol. The van der Waals surface area contributed by atoms with Gasteiger partial charge in [-0.05, 0) is 12.8 Å². The molecular weight excluding hydrogens is 132 g/mol. The SMILES string of the molecule is NC1CCN(C=S)CC1. The molecular formula is C6H12N2S. The summed E-state index contributed by atoms with van der Waals surface area (Å²) >= 11 is 4.77. The van der Waals surface area contributed by atoms with Crippen LogP contribution in [-0.2, 0) is 0 Å². The molecule has 1 rings (SSSR count). The summed E-state index contributed by atoms with van der Waals surface area (Å²) in [6.45, 7) is 2.09. The van der Waals surface area contributed by atoms with Crippen molar-refractivity contribution in [2.45, 2.75) is 18.9 Å². The van der Waals surface area contributed by atoms with E-state index >= 15 is 0 Å². The second-order valence-corrected chi connectivity index (χ2v) is 2.69. The zero-order chi connectivity index (χ0) is 6.69. The van der Waals surface area contributed by atoms with Crippen LogP contribution in [0.2, 0.25) is 0 Å². The summed E-state index contributed by atoms with van der Waals surface area (Å²) in [4.78, 5) is 2.14. The standard InChI is InChI=1S/C6H12N2S/c7-6-1-3-8(5-9)4-2-6/h5-6H,1-4,7H2. The third-order valence-electron chi connectivity index (χ3n) is 1.72. The minimum absolute atomic E-state index is 0.413. The molecule has 1 aliphatic rings. The Labute approximate surface area is 61.0 Å². The molecule has 0 atom stereocenters. The molecule has 9 heavy (non-hydrogen) atoms. The van der Waals surface area contributed by atoms with Crippen LogP contribution >= 0.6 is 12.2 Å². The molecule has 1 fully saturated rings. The summed E-state index contributed by atoms with van der Waals surface area (Å²) in [5.74, 6) is 0. The molecule has 0 aliphatic carbocycles. The zero-order valence-electron chi connectivity index (χ0n) is 5.42. The first-order valence-electron chi connectivity index (χ1n) is 3.28. The van der Waals surface area contributed by atoms with E-state index < -0.39 is 0 Å². The van der Waals surface area contributed by atoms with Crippen molar-refractivity contribution in [2.75, 3.05) is 13.1 Å². The lowest BCUT2D eigenvalue weighted by Gasteiger charge is -2.27. The molecule has 0 radical (unpaired) electrons. The number of hydrogen-bond acceptors (Lipinski definition) is 2. The van der Waals surface area contributed by atoms with Crippen LogP contribution in [0.5, 0.6) is 0 Å². The molecule has 0 saturated carbocycles. The van der Waals surface area contributed by atoms with Gasteiger partial charge in [-0.2, -0.15) is 0 Å². The first kappa shape index (κ1) is 6.96. The Morgan fingerprint density at radius 2 is 2.00 bits per heavy atom. The smallest absolute Gasteiger partial charge is 0.0640 e. The number of piperidine rings is 1. The number of hydrogen-bond donors (Lipinski definition) is 1. The van der Waals surface area contributed by atoms with Crippen LogP contribution in [-0.4, -0.2) is 29.5 Å². The molecule has 0 aromatic heterocycles. The molecule has 1 saturated heterocycles. The highest BCUT2D eigenvalue weighted by molar-refractivity contribution is 7.78. The van der Waals surface area contributed by atoms with Crippen molar-refractivity contribution in [1.82, 2.24) is 4.90 Å². The second kappa shape index (κ2) is 3.13. The van der Waals surface area contributed by atoms with Crippen LogP contribution in [0, 0.1) is 0 Å². The first-order valence-corrected chi connectivity index (χ1v) is 3.75. The molecule has 0 spiro atoms. The van der Waals surface area contributed by atoms with Crippen molar-refractivity contribution in [2.24, 2.45) is 5.73 Å². The molecule has 0 aromatic carbocycles. The summed E-state index contributed by atoms with van der Waals surface area (Å²) < 4.78 is 0. The number of likely N-dealkylation sites (tertiary alicyclic amines) is 1. The first-order chi connectivity index (χ1) is 4.33. The maximum absolute atomic E-state index is 5.68. The van der Waals surface area contributed by atoms with Crippen LogP contribution in [0.4, 0.5) is 0 Å². The van der Waals surface area contributed by atoms with Crippen molar-refractivity contribution in [3.63, 3.8) is 0 Å². The monoisotopic (exact) mass is 144 g/mol. The fraction of sp³-hybridized carbons (Fsp3) is 0.833. The summed E-state index contributed by atoms with van der Waals surface area (Å²) in [5, 5.41) is 0. The highest BCUT2D eigenvalue weighted by atomic mass is 32.1. The Morgan fingerprint density at radius 1 is 1.44 bits per heavy atom. The van der Waals surface area contributed by atoms with Gasteiger partial charge in [0.05, 0.1) is 5.49 Å². The topological polar surface area (TPSA) is 29.3 Å². The Balaban J connectivity index is 2.26. The van der Waals surface area contributed by atoms with Gasteiger partial charge in [-0.1, -0.05) is 12.2 Å². The van der Waals surface area contributed by atoms with Gasteiger partial charge in [0.1, 0.15) is 0 Å². The van der Waals surface area contributed by atoms with E-state index in [0.717, 1.165) is 25.9 Å². The Bertz CT molecular complexity index is 97.2. The van der Waals surface area contributed by atoms with Crippen LogP contribution in [0.15, 0.2) is 0 Å². The normalized spacial score (nSPS) is 22.1. The summed E-state index contributed by atoms with van der Waals surface area (Å²) in [6.07, 6.45) is 2.18. The van der Waals surface area contributed by atoms with Crippen LogP contribution in [0.1, 0.15) is 12.8 Å². The minimum atomic E-state index is 0.413. The Morgan fingerprint density at radius 3 is 2.44 bits per heavy atom. The van der Waals surface area contributed by atoms with Gasteiger partial charge in [0.25, 0.3) is 0 Å². The van der Waals surface area contributed by atoms with E-state index in [0.29, 0.717) is 6.04 Å². The average Bonchev–Trinajstić information content (AvgIpc) is 1.90. The molecule has 0 bridgehead atoms. The quantitative estimate of drug-likeness (QED) is 0.539. The van der Waals surface area contributed by atoms with E-state index in [9.17, 15) is 0 Å². The molecule has 0 aromatic rings. The molecule has 0 unspecified atom stereocenters. The minimum Gasteiger partial charge on any atom is -0.369 e. The highest BCUT2D eigenvalue weighted by Gasteiger charge is 2.11. The van der Waals surface area contributed by atoms with E-state index in [1.807, 2.05) is 0 Å². The highest BCUT2D eigenvalue weighted by Crippen LogP contribution is 2.05. The Hall–Kier alpha value is -0.150. The summed E-state index contributed by atoms with van der Waals surface area (Å²) in [6, 6.07) is 0.413. The lowest BCUT2D eigenvalue weighted by molar-refractivity contribution is 0.324. The van der Waals surface area contributed by atoms with Gasteiger partial charge < -0.3 is 10.6 Å². The van der Waals surface area contributed by atoms with Crippen molar-refractivity contribution in [3.8, 4) is 0 Å². The third-order valence-corrected chi connectivity index (χ3v) is 2.02. The van der Waals surface area contributed by atoms with Crippen molar-refractivity contribution in [1.29, 1.82) is 0 Å². The van der Waals surface area contributed by atoms with E-state index in [1.54, 1.807) is 5.49 Å². The molecule has 2 nitrogen and oxygen atoms in total. The number of nitrogens with two attached hydrogens (primary N) is 1. The third kappa shape index (κ3) is 1.91. The van der Waals surface area contributed by atoms with Crippen LogP contribution in [0.3, 0.4) is 0 Å². The number of nitrogens with zero attached hydrogens (tertiary/aromatic N) is 1. The summed E-state index contributed by atoms with van der Waals surface area (Å²) in [5.41, 5.74) is 7.41. The molecule has 0 amide bonds. The van der Waals surface area contributed by atoms with Gasteiger partial charge in [0, 0.05) is 19.1 Å². The fourth-order valence-corrected chi connectivity index (χ4v) is 1.24. The number of thiocarbonyl (C=S) groups is 1. The predicted octanol–water partition coefficient (Wildman–Crippen LogP) is 0.367. The molecule has 52 valence electrons. The predicted molar refractivity (Wildman–Crippen MR) is 42.4 cm³/mol. The lowest BCUT2D eigenvalue weighted by atomic mass is 10.1. The second-order valence-electron chi connectivity index (χ2n) is 2.48. The van der Waals surface area contributed by atoms with Crippen LogP contribution in [0.25, 0.3) is 0 Å². The van der Waals surface area contributed by atoms with E-state index in [4.69, 9.17) is 18.0 Å². The number of rotatable bonds is 1. The Kier molecular flexibility index (Phi) is 2.42. The molecule has 1 heterocycles. The summed E-state index contributed by atoms with van der Waals surface area (Å²) in [7, 11) is 0. The molecule has 1 aliphatic heterocycles. The van der Waals surface area contributed by atoms with E-state index in [2.05, 4.69) is 4.90 Å². The lowest BCUT2D eigenvalue weighted by Crippen LogP contribution is -2.38. The van der Waals surface area contributed by atoms with E-state index in [-0.39, 0.29) is 0 Å². The fourth-order valence-electron chi connectivity index (χ4n) is 1.02. The van der Waals surface area contributed by atoms with E-state index in [1.165, 1.54) is 0 Å². The zero-order valence-corrected chi connectivity index (χ0v) is 6.23. The maximum atomic E-state index is 5.68. The van der Waals surface area contributed by atoms with Gasteiger partial charge in [0.2, 0.25) is 0 Å². The van der Waals surface area contributed by atoms with Crippen LogP contribution < -0.4 is 5.73 Å². The van der Waals surface area contributed by atoms with Crippen molar-refractivity contribution >= 4 is 17.7 Å². The largest absolute Gasteiger partial charge is 0.369 e. The van der Waals surface area contributed by atoms with Crippen molar-refractivity contribution < 1.29 is 0 Å².